The summed E-state index contributed by atoms with van der Waals surface area (Å²) in [5.41, 5.74) is 18.5. The van der Waals surface area contributed by atoms with Crippen molar-refractivity contribution in [1.82, 2.24) is 44.9 Å². The Kier molecular flexibility index (Phi) is 10.4. The molecule has 0 fully saturated rings. The summed E-state index contributed by atoms with van der Waals surface area (Å²) in [6, 6.07) is 48.2. The SMILES string of the molecule is Cc1c(-c2cc(-c3ccccn3)nc(-c3ccccn3)c2)c(C)c(-c2cc(-c3ccccn3)nc(-c3ccccn3)c2)c(C)c1-c1cc(-c2ccccn2)nc(-c2ccccn2)c1. The van der Waals surface area contributed by atoms with Crippen LogP contribution < -0.4 is 0 Å². The maximum atomic E-state index is 5.15. The summed E-state index contributed by atoms with van der Waals surface area (Å²) in [6.07, 6.45) is 10.8. The molecule has 0 spiro atoms. The van der Waals surface area contributed by atoms with Crippen LogP contribution in [-0.4, -0.2) is 44.9 Å². The minimum absolute atomic E-state index is 0.744. The Labute approximate surface area is 365 Å². The Morgan fingerprint density at radius 2 is 0.429 bits per heavy atom. The molecular formula is C54H39N9. The Hall–Kier alpha value is -8.43. The van der Waals surface area contributed by atoms with E-state index in [1.165, 1.54) is 0 Å². The van der Waals surface area contributed by atoms with Crippen molar-refractivity contribution in [3.8, 4) is 102 Å². The van der Waals surface area contributed by atoms with Crippen molar-refractivity contribution in [3.63, 3.8) is 0 Å². The smallest absolute Gasteiger partial charge is 0.0900 e. The van der Waals surface area contributed by atoms with Gasteiger partial charge in [-0.2, -0.15) is 0 Å². The molecule has 10 aromatic rings. The molecule has 0 amide bonds. The Balaban J connectivity index is 1.31. The quantitative estimate of drug-likeness (QED) is 0.140. The van der Waals surface area contributed by atoms with Gasteiger partial charge in [-0.15, -0.1) is 0 Å². The molecule has 9 nitrogen and oxygen atoms in total. The van der Waals surface area contributed by atoms with Crippen molar-refractivity contribution in [2.75, 3.05) is 0 Å². The molecule has 300 valence electrons. The molecule has 0 unspecified atom stereocenters. The standard InChI is InChI=1S/C54H39N9/c1-34-52(37-28-46(40-16-4-10-22-55-40)61-47(29-37)41-17-5-11-23-56-41)35(2)54(39-32-50(44-20-8-14-26-59-44)63-51(33-39)45-21-9-15-27-60-45)36(3)53(34)38-30-48(42-18-6-12-24-57-42)62-49(31-38)43-19-7-13-25-58-43/h4-33H,1-3H3. The van der Waals surface area contributed by atoms with Gasteiger partial charge in [-0.05, 0) is 180 Å². The summed E-state index contributed by atoms with van der Waals surface area (Å²) in [6.45, 7) is 6.63. The minimum atomic E-state index is 0.744. The molecule has 0 bridgehead atoms. The predicted molar refractivity (Wildman–Crippen MR) is 250 cm³/mol. The van der Waals surface area contributed by atoms with E-state index in [9.17, 15) is 0 Å². The molecule has 0 aliphatic carbocycles. The van der Waals surface area contributed by atoms with Crippen molar-refractivity contribution >= 4 is 0 Å². The zero-order chi connectivity index (χ0) is 42.7. The van der Waals surface area contributed by atoms with Crippen LogP contribution in [0.4, 0.5) is 0 Å². The first-order chi connectivity index (χ1) is 31.0. The molecule has 0 aliphatic rings. The highest BCUT2D eigenvalue weighted by molar-refractivity contribution is 5.94. The largest absolute Gasteiger partial charge is 0.255 e. The van der Waals surface area contributed by atoms with Crippen LogP contribution >= 0.6 is 0 Å². The first-order valence-electron chi connectivity index (χ1n) is 20.7. The molecule has 0 N–H and O–H groups in total. The first-order valence-corrected chi connectivity index (χ1v) is 20.7. The van der Waals surface area contributed by atoms with Gasteiger partial charge in [0.15, 0.2) is 0 Å². The number of benzene rings is 1. The van der Waals surface area contributed by atoms with E-state index in [0.717, 1.165) is 118 Å². The minimum Gasteiger partial charge on any atom is -0.255 e. The van der Waals surface area contributed by atoms with Crippen molar-refractivity contribution in [3.05, 3.63) is 199 Å². The Morgan fingerprint density at radius 3 is 0.587 bits per heavy atom. The van der Waals surface area contributed by atoms with E-state index in [0.29, 0.717) is 0 Å². The van der Waals surface area contributed by atoms with E-state index < -0.39 is 0 Å². The van der Waals surface area contributed by atoms with Gasteiger partial charge in [0.05, 0.1) is 68.3 Å². The van der Waals surface area contributed by atoms with Crippen molar-refractivity contribution in [2.45, 2.75) is 20.8 Å². The van der Waals surface area contributed by atoms with Crippen molar-refractivity contribution in [1.29, 1.82) is 0 Å². The second kappa shape index (κ2) is 16.9. The molecule has 9 heterocycles. The number of aromatic nitrogens is 9. The molecule has 9 aromatic heterocycles. The van der Waals surface area contributed by atoms with Crippen LogP contribution in [0.3, 0.4) is 0 Å². The van der Waals surface area contributed by atoms with Crippen LogP contribution in [0.2, 0.25) is 0 Å². The van der Waals surface area contributed by atoms with Crippen molar-refractivity contribution in [2.24, 2.45) is 0 Å². The Bertz CT molecular complexity index is 2680. The number of hydrogen-bond acceptors (Lipinski definition) is 9. The fraction of sp³-hybridized carbons (Fsp3) is 0.0556. The molecule has 9 heteroatoms. The normalized spacial score (nSPS) is 11.1. The molecule has 0 atom stereocenters. The average molecular weight is 814 g/mol. The van der Waals surface area contributed by atoms with Gasteiger partial charge in [0.1, 0.15) is 0 Å². The highest BCUT2D eigenvalue weighted by atomic mass is 14.8. The molecule has 0 saturated heterocycles. The fourth-order valence-electron chi connectivity index (χ4n) is 8.42. The van der Waals surface area contributed by atoms with Gasteiger partial charge >= 0.3 is 0 Å². The molecule has 0 saturated carbocycles. The van der Waals surface area contributed by atoms with Gasteiger partial charge in [0.25, 0.3) is 0 Å². The summed E-state index contributed by atoms with van der Waals surface area (Å²) in [5.74, 6) is 0. The third kappa shape index (κ3) is 7.75. The van der Waals surface area contributed by atoms with Crippen LogP contribution in [0.15, 0.2) is 183 Å². The first kappa shape index (κ1) is 38.8. The molecule has 1 aromatic carbocycles. The third-order valence-electron chi connectivity index (χ3n) is 11.2. The zero-order valence-corrected chi connectivity index (χ0v) is 34.8. The summed E-state index contributed by atoms with van der Waals surface area (Å²) < 4.78 is 0. The lowest BCUT2D eigenvalue weighted by Gasteiger charge is -2.25. The van der Waals surface area contributed by atoms with Crippen LogP contribution in [0.25, 0.3) is 102 Å². The number of nitrogens with zero attached hydrogens (tertiary/aromatic N) is 9. The second-order valence-corrected chi connectivity index (χ2v) is 15.2. The van der Waals surface area contributed by atoms with E-state index in [-0.39, 0.29) is 0 Å². The van der Waals surface area contributed by atoms with E-state index in [1.54, 1.807) is 37.2 Å². The summed E-state index contributed by atoms with van der Waals surface area (Å²) >= 11 is 0. The van der Waals surface area contributed by atoms with E-state index in [1.807, 2.05) is 109 Å². The van der Waals surface area contributed by atoms with Crippen LogP contribution in [-0.2, 0) is 0 Å². The lowest BCUT2D eigenvalue weighted by molar-refractivity contribution is 1.21. The summed E-state index contributed by atoms with van der Waals surface area (Å²) in [7, 11) is 0. The third-order valence-corrected chi connectivity index (χ3v) is 11.2. The number of hydrogen-bond donors (Lipinski definition) is 0. The molecule has 10 rings (SSSR count). The number of rotatable bonds is 9. The van der Waals surface area contributed by atoms with Crippen LogP contribution in [0.5, 0.6) is 0 Å². The van der Waals surface area contributed by atoms with E-state index >= 15 is 0 Å². The molecule has 0 aliphatic heterocycles. The summed E-state index contributed by atoms with van der Waals surface area (Å²) in [4.78, 5) is 43.9. The molecule has 63 heavy (non-hydrogen) atoms. The van der Waals surface area contributed by atoms with Crippen LogP contribution in [0.1, 0.15) is 16.7 Å². The predicted octanol–water partition coefficient (Wildman–Crippen LogP) is 12.2. The van der Waals surface area contributed by atoms with Gasteiger partial charge in [-0.3, -0.25) is 29.9 Å². The van der Waals surface area contributed by atoms with E-state index in [4.69, 9.17) is 44.9 Å². The van der Waals surface area contributed by atoms with E-state index in [2.05, 4.69) is 57.2 Å². The van der Waals surface area contributed by atoms with Crippen molar-refractivity contribution < 1.29 is 0 Å². The molecular weight excluding hydrogens is 775 g/mol. The van der Waals surface area contributed by atoms with Gasteiger partial charge < -0.3 is 0 Å². The summed E-state index contributed by atoms with van der Waals surface area (Å²) in [5, 5.41) is 0. The average Bonchev–Trinajstić information content (AvgIpc) is 3.35. The monoisotopic (exact) mass is 813 g/mol. The highest BCUT2D eigenvalue weighted by Crippen LogP contribution is 2.46. The van der Waals surface area contributed by atoms with Gasteiger partial charge in [-0.25, -0.2) is 15.0 Å². The number of pyridine rings is 9. The fourth-order valence-corrected chi connectivity index (χ4v) is 8.42. The van der Waals surface area contributed by atoms with Gasteiger partial charge in [-0.1, -0.05) is 36.4 Å². The highest BCUT2D eigenvalue weighted by Gasteiger charge is 2.25. The second-order valence-electron chi connectivity index (χ2n) is 15.2. The maximum absolute atomic E-state index is 5.15. The molecule has 0 radical (unpaired) electrons. The van der Waals surface area contributed by atoms with Gasteiger partial charge in [0.2, 0.25) is 0 Å². The lowest BCUT2D eigenvalue weighted by Crippen LogP contribution is -2.04. The Morgan fingerprint density at radius 1 is 0.238 bits per heavy atom. The maximum Gasteiger partial charge on any atom is 0.0900 e. The van der Waals surface area contributed by atoms with Gasteiger partial charge in [0, 0.05) is 37.2 Å². The van der Waals surface area contributed by atoms with Crippen LogP contribution in [0, 0.1) is 20.8 Å². The lowest BCUT2D eigenvalue weighted by atomic mass is 9.80. The topological polar surface area (TPSA) is 116 Å². The zero-order valence-electron chi connectivity index (χ0n) is 34.8.